The molecule has 0 aliphatic carbocycles. The quantitative estimate of drug-likeness (QED) is 0.503. The molecular formula is C22H17BrClN3OS. The zero-order valence-corrected chi connectivity index (χ0v) is 18.6. The Morgan fingerprint density at radius 1 is 1.28 bits per heavy atom. The van der Waals surface area contributed by atoms with Crippen LogP contribution in [0.3, 0.4) is 0 Å². The largest absolute Gasteiger partial charge is 0.312 e. The van der Waals surface area contributed by atoms with Crippen molar-refractivity contribution in [3.63, 3.8) is 0 Å². The van der Waals surface area contributed by atoms with Gasteiger partial charge in [-0.15, -0.1) is 11.3 Å². The van der Waals surface area contributed by atoms with Crippen LogP contribution in [0.2, 0.25) is 5.02 Å². The summed E-state index contributed by atoms with van der Waals surface area (Å²) in [7, 11) is 0. The Labute approximate surface area is 186 Å². The lowest BCUT2D eigenvalue weighted by molar-refractivity contribution is 0.102. The number of thiophene rings is 1. The smallest absolute Gasteiger partial charge is 0.257 e. The van der Waals surface area contributed by atoms with Gasteiger partial charge >= 0.3 is 0 Å². The molecule has 0 fully saturated rings. The Bertz CT molecular complexity index is 1110. The summed E-state index contributed by atoms with van der Waals surface area (Å²) in [6.07, 6.45) is 0.801. The van der Waals surface area contributed by atoms with Crippen molar-refractivity contribution in [3.05, 3.63) is 85.2 Å². The Morgan fingerprint density at radius 2 is 2.07 bits per heavy atom. The average Bonchev–Trinajstić information content (AvgIpc) is 3.06. The van der Waals surface area contributed by atoms with Gasteiger partial charge in [-0.3, -0.25) is 9.69 Å². The molecule has 0 radical (unpaired) electrons. The summed E-state index contributed by atoms with van der Waals surface area (Å²) >= 11 is 11.0. The number of rotatable bonds is 4. The topological polar surface area (TPSA) is 56.1 Å². The first kappa shape index (κ1) is 20.1. The highest BCUT2D eigenvalue weighted by atomic mass is 79.9. The highest BCUT2D eigenvalue weighted by molar-refractivity contribution is 9.10. The van der Waals surface area contributed by atoms with E-state index < -0.39 is 0 Å². The second-order valence-corrected chi connectivity index (χ2v) is 9.27. The molecule has 0 bridgehead atoms. The molecule has 1 aliphatic heterocycles. The van der Waals surface area contributed by atoms with Gasteiger partial charge in [0.25, 0.3) is 5.91 Å². The van der Waals surface area contributed by atoms with Crippen molar-refractivity contribution in [1.29, 1.82) is 5.26 Å². The fourth-order valence-corrected chi connectivity index (χ4v) is 5.28. The normalized spacial score (nSPS) is 13.6. The van der Waals surface area contributed by atoms with Crippen LogP contribution in [0.4, 0.5) is 5.00 Å². The summed E-state index contributed by atoms with van der Waals surface area (Å²) in [5.74, 6) is -0.312. The fourth-order valence-electron chi connectivity index (χ4n) is 3.48. The van der Waals surface area contributed by atoms with Crippen LogP contribution in [-0.4, -0.2) is 17.4 Å². The number of hydrogen-bond acceptors (Lipinski definition) is 4. The number of anilines is 1. The van der Waals surface area contributed by atoms with E-state index in [2.05, 4.69) is 44.3 Å². The monoisotopic (exact) mass is 485 g/mol. The van der Waals surface area contributed by atoms with E-state index in [0.717, 1.165) is 41.0 Å². The first-order chi connectivity index (χ1) is 14.0. The van der Waals surface area contributed by atoms with Gasteiger partial charge < -0.3 is 5.32 Å². The van der Waals surface area contributed by atoms with Gasteiger partial charge in [0.2, 0.25) is 0 Å². The van der Waals surface area contributed by atoms with E-state index >= 15 is 0 Å². The molecule has 0 atom stereocenters. The minimum atomic E-state index is -0.312. The van der Waals surface area contributed by atoms with E-state index in [0.29, 0.717) is 21.2 Å². The van der Waals surface area contributed by atoms with Crippen molar-refractivity contribution in [3.8, 4) is 6.07 Å². The van der Waals surface area contributed by atoms with Crippen molar-refractivity contribution in [1.82, 2.24) is 4.90 Å². The molecule has 2 aromatic carbocycles. The zero-order valence-electron chi connectivity index (χ0n) is 15.4. The zero-order chi connectivity index (χ0) is 20.4. The number of benzene rings is 2. The molecule has 7 heteroatoms. The maximum absolute atomic E-state index is 12.7. The van der Waals surface area contributed by atoms with Crippen LogP contribution < -0.4 is 5.32 Å². The number of carbonyl (C=O) groups is 1. The standard InChI is InChI=1S/C22H17BrClN3OS/c23-15-6-7-19(24)17(10-15)21(28)26-22-18(11-25)16-8-9-27(13-20(16)29-22)12-14-4-2-1-3-5-14/h1-7,10H,8-9,12-13H2,(H,26,28). The van der Waals surface area contributed by atoms with E-state index in [-0.39, 0.29) is 5.91 Å². The molecule has 4 nitrogen and oxygen atoms in total. The van der Waals surface area contributed by atoms with Crippen molar-refractivity contribution >= 4 is 49.8 Å². The predicted molar refractivity (Wildman–Crippen MR) is 120 cm³/mol. The first-order valence-corrected chi connectivity index (χ1v) is 11.1. The van der Waals surface area contributed by atoms with Crippen LogP contribution in [0.5, 0.6) is 0 Å². The maximum Gasteiger partial charge on any atom is 0.257 e. The van der Waals surface area contributed by atoms with Crippen LogP contribution in [0.15, 0.2) is 53.0 Å². The fraction of sp³-hybridized carbons (Fsp3) is 0.182. The Balaban J connectivity index is 1.55. The maximum atomic E-state index is 12.7. The summed E-state index contributed by atoms with van der Waals surface area (Å²) in [5, 5.41) is 13.6. The number of nitriles is 1. The van der Waals surface area contributed by atoms with Crippen LogP contribution >= 0.6 is 38.9 Å². The molecule has 1 N–H and O–H groups in total. The van der Waals surface area contributed by atoms with Gasteiger partial charge in [0.05, 0.1) is 16.1 Å². The molecule has 4 rings (SSSR count). The SMILES string of the molecule is N#Cc1c(NC(=O)c2cc(Br)ccc2Cl)sc2c1CCN(Cc1ccccc1)C2. The van der Waals surface area contributed by atoms with Gasteiger partial charge in [0, 0.05) is 29.0 Å². The van der Waals surface area contributed by atoms with Crippen molar-refractivity contribution in [2.45, 2.75) is 19.5 Å². The number of fused-ring (bicyclic) bond motifs is 1. The minimum Gasteiger partial charge on any atom is -0.312 e. The van der Waals surface area contributed by atoms with Gasteiger partial charge in [0.15, 0.2) is 0 Å². The average molecular weight is 487 g/mol. The number of carbonyl (C=O) groups excluding carboxylic acids is 1. The summed E-state index contributed by atoms with van der Waals surface area (Å²) in [5.41, 5.74) is 3.27. The molecule has 0 saturated heterocycles. The lowest BCUT2D eigenvalue weighted by Gasteiger charge is -2.26. The third-order valence-corrected chi connectivity index (χ3v) is 6.85. The summed E-state index contributed by atoms with van der Waals surface area (Å²) < 4.78 is 0.773. The van der Waals surface area contributed by atoms with Gasteiger partial charge in [-0.1, -0.05) is 57.9 Å². The molecule has 0 spiro atoms. The van der Waals surface area contributed by atoms with Crippen LogP contribution in [-0.2, 0) is 19.5 Å². The lowest BCUT2D eigenvalue weighted by atomic mass is 10.0. The van der Waals surface area contributed by atoms with Crippen molar-refractivity contribution in [2.75, 3.05) is 11.9 Å². The van der Waals surface area contributed by atoms with Gasteiger partial charge in [-0.25, -0.2) is 0 Å². The molecule has 1 amide bonds. The molecule has 1 aliphatic rings. The van der Waals surface area contributed by atoms with E-state index in [1.165, 1.54) is 16.9 Å². The molecule has 29 heavy (non-hydrogen) atoms. The van der Waals surface area contributed by atoms with Crippen LogP contribution in [0.1, 0.15) is 31.9 Å². The molecule has 146 valence electrons. The first-order valence-electron chi connectivity index (χ1n) is 9.12. The van der Waals surface area contributed by atoms with Gasteiger partial charge in [-0.2, -0.15) is 5.26 Å². The lowest BCUT2D eigenvalue weighted by Crippen LogP contribution is -2.29. The number of halogens is 2. The summed E-state index contributed by atoms with van der Waals surface area (Å²) in [4.78, 5) is 16.2. The van der Waals surface area contributed by atoms with Crippen molar-refractivity contribution in [2.24, 2.45) is 0 Å². The Hall–Kier alpha value is -2.17. The van der Waals surface area contributed by atoms with E-state index in [9.17, 15) is 10.1 Å². The number of nitrogens with zero attached hydrogens (tertiary/aromatic N) is 2. The van der Waals surface area contributed by atoms with E-state index in [1.54, 1.807) is 18.2 Å². The highest BCUT2D eigenvalue weighted by Gasteiger charge is 2.26. The molecule has 3 aromatic rings. The highest BCUT2D eigenvalue weighted by Crippen LogP contribution is 2.37. The Morgan fingerprint density at radius 3 is 2.83 bits per heavy atom. The summed E-state index contributed by atoms with van der Waals surface area (Å²) in [6, 6.07) is 17.8. The molecule has 1 aromatic heterocycles. The van der Waals surface area contributed by atoms with Gasteiger partial charge in [0.1, 0.15) is 11.1 Å². The molecule has 0 unspecified atom stereocenters. The molecule has 0 saturated carbocycles. The Kier molecular flexibility index (Phi) is 6.02. The van der Waals surface area contributed by atoms with Gasteiger partial charge in [-0.05, 0) is 35.7 Å². The molecule has 2 heterocycles. The third-order valence-electron chi connectivity index (χ3n) is 4.90. The van der Waals surface area contributed by atoms with Crippen LogP contribution in [0.25, 0.3) is 0 Å². The number of amides is 1. The van der Waals surface area contributed by atoms with Crippen LogP contribution in [0, 0.1) is 11.3 Å². The van der Waals surface area contributed by atoms with E-state index in [1.807, 2.05) is 18.2 Å². The molecular weight excluding hydrogens is 470 g/mol. The summed E-state index contributed by atoms with van der Waals surface area (Å²) in [6.45, 7) is 2.53. The van der Waals surface area contributed by atoms with E-state index in [4.69, 9.17) is 11.6 Å². The second kappa shape index (κ2) is 8.68. The number of nitrogens with one attached hydrogen (secondary N) is 1. The minimum absolute atomic E-state index is 0.312. The predicted octanol–water partition coefficient (Wildman–Crippen LogP) is 5.85. The number of hydrogen-bond donors (Lipinski definition) is 1. The van der Waals surface area contributed by atoms with Crippen molar-refractivity contribution < 1.29 is 4.79 Å². The third kappa shape index (κ3) is 4.39. The second-order valence-electron chi connectivity index (χ2n) is 6.84.